The number of carbonyl (C=O) groups excluding carboxylic acids is 1. The van der Waals surface area contributed by atoms with E-state index in [0.29, 0.717) is 18.8 Å². The topological polar surface area (TPSA) is 68.8 Å². The Hall–Kier alpha value is -2.96. The van der Waals surface area contributed by atoms with Gasteiger partial charge in [-0.1, -0.05) is 36.4 Å². The fourth-order valence-electron chi connectivity index (χ4n) is 3.61. The summed E-state index contributed by atoms with van der Waals surface area (Å²) >= 11 is 0. The Balaban J connectivity index is 0.00000289. The van der Waals surface area contributed by atoms with Gasteiger partial charge in [0.05, 0.1) is 0 Å². The first-order valence-corrected chi connectivity index (χ1v) is 10.4. The molecule has 3 aromatic rings. The molecule has 1 amide bonds. The van der Waals surface area contributed by atoms with E-state index < -0.39 is 0 Å². The maximum absolute atomic E-state index is 12.2. The first-order valence-electron chi connectivity index (χ1n) is 10.4. The second kappa shape index (κ2) is 10.1. The molecule has 2 N–H and O–H groups in total. The van der Waals surface area contributed by atoms with Gasteiger partial charge >= 0.3 is 0 Å². The number of hydrogen-bond acceptors (Lipinski definition) is 5. The predicted molar refractivity (Wildman–Crippen MR) is 128 cm³/mol. The highest BCUT2D eigenvalue weighted by molar-refractivity contribution is 5.88. The molecule has 0 spiro atoms. The van der Waals surface area contributed by atoms with Gasteiger partial charge in [-0.2, -0.15) is 0 Å². The zero-order chi connectivity index (χ0) is 21.8. The third-order valence-electron chi connectivity index (χ3n) is 4.94. The lowest BCUT2D eigenvalue weighted by Gasteiger charge is -2.21. The van der Waals surface area contributed by atoms with E-state index in [1.807, 2.05) is 63.2 Å². The summed E-state index contributed by atoms with van der Waals surface area (Å²) < 4.78 is 16.8. The predicted octanol–water partition coefficient (Wildman–Crippen LogP) is 4.57. The van der Waals surface area contributed by atoms with Gasteiger partial charge in [-0.3, -0.25) is 4.79 Å². The van der Waals surface area contributed by atoms with Crippen molar-refractivity contribution in [3.63, 3.8) is 0 Å². The summed E-state index contributed by atoms with van der Waals surface area (Å²) in [4.78, 5) is 12.2. The lowest BCUT2D eigenvalue weighted by atomic mass is 10.0. The van der Waals surface area contributed by atoms with E-state index >= 15 is 0 Å². The van der Waals surface area contributed by atoms with Crippen molar-refractivity contribution in [3.8, 4) is 17.2 Å². The minimum atomic E-state index is -0.293. The summed E-state index contributed by atoms with van der Waals surface area (Å²) in [6, 6.07) is 18.1. The summed E-state index contributed by atoms with van der Waals surface area (Å²) in [5.74, 6) is 2.13. The van der Waals surface area contributed by atoms with Crippen molar-refractivity contribution in [1.82, 2.24) is 10.6 Å². The molecule has 0 saturated carbocycles. The molecule has 0 radical (unpaired) electrons. The lowest BCUT2D eigenvalue weighted by Crippen LogP contribution is -2.43. The third-order valence-corrected chi connectivity index (χ3v) is 4.94. The standard InChI is InChI=1S/C25H28N2O4.ClH/c1-25(2,3)27-24(28)15-29-21-11-9-18-6-4-5-7-19(18)20(21)14-26-13-17-8-10-22-23(12-17)31-16-30-22;/h4-12,26H,13-16H2,1-3H3,(H,27,28);1H. The Kier molecular flexibility index (Phi) is 7.48. The van der Waals surface area contributed by atoms with Crippen LogP contribution in [0.4, 0.5) is 0 Å². The fourth-order valence-corrected chi connectivity index (χ4v) is 3.61. The van der Waals surface area contributed by atoms with Crippen molar-refractivity contribution >= 4 is 29.1 Å². The number of nitrogens with one attached hydrogen (secondary N) is 2. The van der Waals surface area contributed by atoms with Crippen molar-refractivity contribution in [3.05, 3.63) is 65.7 Å². The SMILES string of the molecule is CC(C)(C)NC(=O)COc1ccc2ccccc2c1CNCc1ccc2c(c1)OCO2.Cl. The number of carbonyl (C=O) groups is 1. The molecule has 32 heavy (non-hydrogen) atoms. The van der Waals surface area contributed by atoms with Crippen LogP contribution in [0.3, 0.4) is 0 Å². The second-order valence-electron chi connectivity index (χ2n) is 8.64. The quantitative estimate of drug-likeness (QED) is 0.545. The van der Waals surface area contributed by atoms with E-state index in [9.17, 15) is 4.79 Å². The van der Waals surface area contributed by atoms with Crippen LogP contribution in [0.5, 0.6) is 17.2 Å². The van der Waals surface area contributed by atoms with Gasteiger partial charge < -0.3 is 24.8 Å². The van der Waals surface area contributed by atoms with Gasteiger partial charge in [0.25, 0.3) is 5.91 Å². The van der Waals surface area contributed by atoms with Crippen molar-refractivity contribution in [2.45, 2.75) is 39.4 Å². The number of halogens is 1. The molecule has 170 valence electrons. The Morgan fingerprint density at radius 1 is 1.00 bits per heavy atom. The minimum absolute atomic E-state index is 0. The number of rotatable bonds is 7. The summed E-state index contributed by atoms with van der Waals surface area (Å²) in [6.07, 6.45) is 0. The molecule has 3 aromatic carbocycles. The van der Waals surface area contributed by atoms with Gasteiger partial charge in [0.1, 0.15) is 5.75 Å². The molecule has 1 heterocycles. The van der Waals surface area contributed by atoms with E-state index in [4.69, 9.17) is 14.2 Å². The molecule has 1 aliphatic rings. The molecule has 0 aromatic heterocycles. The summed E-state index contributed by atoms with van der Waals surface area (Å²) in [6.45, 7) is 7.37. The molecule has 7 heteroatoms. The number of ether oxygens (including phenoxy) is 3. The fraction of sp³-hybridized carbons (Fsp3) is 0.320. The average Bonchev–Trinajstić information content (AvgIpc) is 3.19. The van der Waals surface area contributed by atoms with Crippen molar-refractivity contribution in [2.75, 3.05) is 13.4 Å². The highest BCUT2D eigenvalue weighted by atomic mass is 35.5. The monoisotopic (exact) mass is 456 g/mol. The Morgan fingerprint density at radius 3 is 2.59 bits per heavy atom. The zero-order valence-corrected chi connectivity index (χ0v) is 19.4. The van der Waals surface area contributed by atoms with E-state index in [-0.39, 0.29) is 37.3 Å². The lowest BCUT2D eigenvalue weighted by molar-refractivity contribution is -0.124. The van der Waals surface area contributed by atoms with Crippen LogP contribution in [-0.2, 0) is 17.9 Å². The molecule has 4 rings (SSSR count). The van der Waals surface area contributed by atoms with Crippen LogP contribution in [0, 0.1) is 0 Å². The highest BCUT2D eigenvalue weighted by Crippen LogP contribution is 2.33. The molecular formula is C25H29ClN2O4. The average molecular weight is 457 g/mol. The highest BCUT2D eigenvalue weighted by Gasteiger charge is 2.16. The molecule has 6 nitrogen and oxygen atoms in total. The first-order chi connectivity index (χ1) is 14.9. The van der Waals surface area contributed by atoms with Gasteiger partial charge in [-0.15, -0.1) is 12.4 Å². The van der Waals surface area contributed by atoms with E-state index in [0.717, 1.165) is 33.4 Å². The summed E-state index contributed by atoms with van der Waals surface area (Å²) in [5, 5.41) is 8.66. The molecule has 0 unspecified atom stereocenters. The Bertz CT molecular complexity index is 1090. The number of hydrogen-bond donors (Lipinski definition) is 2. The number of amides is 1. The van der Waals surface area contributed by atoms with Crippen LogP contribution in [0.1, 0.15) is 31.9 Å². The van der Waals surface area contributed by atoms with E-state index in [1.165, 1.54) is 0 Å². The molecule has 0 atom stereocenters. The van der Waals surface area contributed by atoms with Crippen LogP contribution < -0.4 is 24.8 Å². The number of fused-ring (bicyclic) bond motifs is 2. The largest absolute Gasteiger partial charge is 0.483 e. The van der Waals surface area contributed by atoms with Gasteiger partial charge in [-0.25, -0.2) is 0 Å². The molecule has 0 saturated heterocycles. The normalized spacial score (nSPS) is 12.3. The van der Waals surface area contributed by atoms with Crippen LogP contribution in [-0.4, -0.2) is 24.8 Å². The van der Waals surface area contributed by atoms with Crippen LogP contribution in [0.25, 0.3) is 10.8 Å². The summed E-state index contributed by atoms with van der Waals surface area (Å²) in [5.41, 5.74) is 1.85. The van der Waals surface area contributed by atoms with Crippen molar-refractivity contribution in [2.24, 2.45) is 0 Å². The molecule has 0 aliphatic carbocycles. The van der Waals surface area contributed by atoms with Gasteiger partial charge in [0.2, 0.25) is 6.79 Å². The third kappa shape index (κ3) is 5.84. The van der Waals surface area contributed by atoms with Crippen LogP contribution in [0.15, 0.2) is 54.6 Å². The first kappa shape index (κ1) is 23.7. The van der Waals surface area contributed by atoms with Crippen molar-refractivity contribution < 1.29 is 19.0 Å². The van der Waals surface area contributed by atoms with E-state index in [2.05, 4.69) is 22.8 Å². The van der Waals surface area contributed by atoms with Crippen molar-refractivity contribution in [1.29, 1.82) is 0 Å². The van der Waals surface area contributed by atoms with E-state index in [1.54, 1.807) is 0 Å². The Labute approximate surface area is 194 Å². The van der Waals surface area contributed by atoms with Gasteiger partial charge in [0, 0.05) is 24.2 Å². The molecule has 1 aliphatic heterocycles. The van der Waals surface area contributed by atoms with Gasteiger partial charge in [0.15, 0.2) is 18.1 Å². The molecule has 0 bridgehead atoms. The maximum atomic E-state index is 12.2. The van der Waals surface area contributed by atoms with Crippen LogP contribution >= 0.6 is 12.4 Å². The van der Waals surface area contributed by atoms with Gasteiger partial charge in [-0.05, 0) is 55.3 Å². The van der Waals surface area contributed by atoms with Crippen LogP contribution in [0.2, 0.25) is 0 Å². The Morgan fingerprint density at radius 2 is 1.78 bits per heavy atom. The zero-order valence-electron chi connectivity index (χ0n) is 18.6. The smallest absolute Gasteiger partial charge is 0.258 e. The number of benzene rings is 3. The maximum Gasteiger partial charge on any atom is 0.258 e. The molecular weight excluding hydrogens is 428 g/mol. The second-order valence-corrected chi connectivity index (χ2v) is 8.64. The summed E-state index contributed by atoms with van der Waals surface area (Å²) in [7, 11) is 0. The minimum Gasteiger partial charge on any atom is -0.483 e. The molecule has 0 fully saturated rings.